The predicted octanol–water partition coefficient (Wildman–Crippen LogP) is 3.27. The molecule has 1 aromatic carbocycles. The molecular weight excluding hydrogens is 344 g/mol. The molecule has 26 heavy (non-hydrogen) atoms. The number of nitrogens with zero attached hydrogens (tertiary/aromatic N) is 2. The second-order valence-electron chi connectivity index (χ2n) is 7.16. The van der Waals surface area contributed by atoms with Crippen LogP contribution < -0.4 is 0 Å². The Hall–Kier alpha value is -2.80. The van der Waals surface area contributed by atoms with Gasteiger partial charge in [0.25, 0.3) is 5.75 Å². The van der Waals surface area contributed by atoms with E-state index in [0.717, 1.165) is 25.7 Å². The van der Waals surface area contributed by atoms with Gasteiger partial charge in [0.05, 0.1) is 9.85 Å². The number of hydrogen-bond donors (Lipinski definition) is 1. The van der Waals surface area contributed by atoms with Crippen molar-refractivity contribution in [3.63, 3.8) is 0 Å². The molecule has 0 heterocycles. The van der Waals surface area contributed by atoms with Gasteiger partial charge in [-0.25, -0.2) is 0 Å². The number of aryl methyl sites for hydroxylation is 1. The Morgan fingerprint density at radius 2 is 1.85 bits per heavy atom. The Labute approximate surface area is 149 Å². The van der Waals surface area contributed by atoms with Crippen LogP contribution in [0.5, 0.6) is 5.75 Å². The van der Waals surface area contributed by atoms with Crippen LogP contribution in [0.3, 0.4) is 0 Å². The molecule has 2 aliphatic rings. The Balaban J connectivity index is 0.000000758. The number of carbonyl (C=O) groups excluding carboxylic acids is 2. The van der Waals surface area contributed by atoms with E-state index >= 15 is 0 Å². The van der Waals surface area contributed by atoms with Crippen molar-refractivity contribution in [1.82, 2.24) is 0 Å². The molecule has 0 amide bonds. The second kappa shape index (κ2) is 7.21. The molecule has 9 heteroatoms. The van der Waals surface area contributed by atoms with Gasteiger partial charge in [0, 0.05) is 17.0 Å². The van der Waals surface area contributed by atoms with E-state index in [9.17, 15) is 25.3 Å². The zero-order chi connectivity index (χ0) is 19.6. The van der Waals surface area contributed by atoms with Crippen LogP contribution in [-0.2, 0) is 21.4 Å². The molecular formula is C17H20N2O7. The maximum absolute atomic E-state index is 11.6. The molecule has 1 saturated carbocycles. The molecule has 3 rings (SSSR count). The van der Waals surface area contributed by atoms with E-state index in [1.54, 1.807) is 0 Å². The van der Waals surface area contributed by atoms with Crippen molar-refractivity contribution in [3.8, 4) is 5.75 Å². The fraction of sp³-hybridized carbons (Fsp3) is 0.588. The number of phenols is 1. The lowest BCUT2D eigenvalue weighted by Crippen LogP contribution is -2.43. The van der Waals surface area contributed by atoms with Gasteiger partial charge in [0.2, 0.25) is 0 Å². The van der Waals surface area contributed by atoms with Crippen molar-refractivity contribution >= 4 is 17.5 Å². The maximum Gasteiger partial charge on any atom is 0.373 e. The number of nitro groups is 2. The van der Waals surface area contributed by atoms with Gasteiger partial charge in [0.15, 0.2) is 0 Å². The number of nitro benzene ring substituents is 2. The van der Waals surface area contributed by atoms with Crippen molar-refractivity contribution < 1.29 is 24.5 Å². The van der Waals surface area contributed by atoms with Gasteiger partial charge < -0.3 is 5.11 Å². The monoisotopic (exact) mass is 364 g/mol. The molecule has 9 nitrogen and oxygen atoms in total. The molecule has 1 fully saturated rings. The van der Waals surface area contributed by atoms with E-state index in [1.807, 2.05) is 6.92 Å². The van der Waals surface area contributed by atoms with Crippen LogP contribution in [0.1, 0.15) is 50.7 Å². The van der Waals surface area contributed by atoms with Gasteiger partial charge in [-0.15, -0.1) is 0 Å². The zero-order valence-electron chi connectivity index (χ0n) is 14.6. The number of rotatable bonds is 2. The molecule has 140 valence electrons. The lowest BCUT2D eigenvalue weighted by molar-refractivity contribution is -0.397. The van der Waals surface area contributed by atoms with Gasteiger partial charge in [-0.05, 0) is 36.7 Å². The zero-order valence-corrected chi connectivity index (χ0v) is 14.6. The number of aromatic hydroxyl groups is 1. The van der Waals surface area contributed by atoms with Crippen molar-refractivity contribution in [2.75, 3.05) is 0 Å². The highest BCUT2D eigenvalue weighted by atomic mass is 16.6. The molecule has 3 atom stereocenters. The molecule has 0 radical (unpaired) electrons. The number of fused-ring (bicyclic) bond motifs is 3. The predicted molar refractivity (Wildman–Crippen MR) is 88.6 cm³/mol. The van der Waals surface area contributed by atoms with Crippen molar-refractivity contribution in [3.05, 3.63) is 37.4 Å². The quantitative estimate of drug-likeness (QED) is 0.627. The first-order valence-electron chi connectivity index (χ1n) is 8.36. The summed E-state index contributed by atoms with van der Waals surface area (Å²) in [5.74, 6) is -0.0407. The summed E-state index contributed by atoms with van der Waals surface area (Å²) >= 11 is 0. The van der Waals surface area contributed by atoms with Crippen molar-refractivity contribution in [2.24, 2.45) is 11.8 Å². The number of hydrogen-bond acceptors (Lipinski definition) is 7. The van der Waals surface area contributed by atoms with Crippen LogP contribution in [0.4, 0.5) is 11.4 Å². The molecule has 1 aromatic rings. The summed E-state index contributed by atoms with van der Waals surface area (Å²) in [7, 11) is 0. The summed E-state index contributed by atoms with van der Waals surface area (Å²) in [6.07, 6.45) is 4.60. The van der Waals surface area contributed by atoms with E-state index in [-0.39, 0.29) is 6.15 Å². The second-order valence-corrected chi connectivity index (χ2v) is 7.16. The average molecular weight is 364 g/mol. The summed E-state index contributed by atoms with van der Waals surface area (Å²) in [6.45, 7) is 4.19. The fourth-order valence-electron chi connectivity index (χ4n) is 4.88. The highest BCUT2D eigenvalue weighted by Crippen LogP contribution is 2.57. The van der Waals surface area contributed by atoms with E-state index in [4.69, 9.17) is 9.59 Å². The van der Waals surface area contributed by atoms with Crippen LogP contribution >= 0.6 is 0 Å². The third-order valence-corrected chi connectivity index (χ3v) is 5.87. The number of benzene rings is 1. The van der Waals surface area contributed by atoms with Crippen LogP contribution in [0.25, 0.3) is 0 Å². The minimum Gasteiger partial charge on any atom is -0.497 e. The highest BCUT2D eigenvalue weighted by Gasteiger charge is 2.50. The minimum absolute atomic E-state index is 0.250. The van der Waals surface area contributed by atoms with Gasteiger partial charge in [-0.2, -0.15) is 9.59 Å². The van der Waals surface area contributed by atoms with E-state index in [0.29, 0.717) is 29.4 Å². The third kappa shape index (κ3) is 3.06. The fourth-order valence-corrected chi connectivity index (χ4v) is 4.88. The standard InChI is InChI=1S/C16H20N2O5.CO2/c1-9-4-3-7-16(2)11(9)6-5-10-8-12(17(20)21)15(19)14(13(10)16)18(22)23;2-1-3/h8-9,11,19H,3-7H2,1-2H3;/t9-,11?,16+;/m1./s1. The maximum atomic E-state index is 11.6. The minimum atomic E-state index is -0.807. The van der Waals surface area contributed by atoms with E-state index in [1.165, 1.54) is 6.07 Å². The first-order chi connectivity index (χ1) is 12.2. The summed E-state index contributed by atoms with van der Waals surface area (Å²) in [5.41, 5.74) is -0.264. The average Bonchev–Trinajstić information content (AvgIpc) is 2.54. The molecule has 0 aromatic heterocycles. The summed E-state index contributed by atoms with van der Waals surface area (Å²) in [4.78, 5) is 37.6. The highest BCUT2D eigenvalue weighted by molar-refractivity contribution is 5.68. The van der Waals surface area contributed by atoms with Gasteiger partial charge in [-0.3, -0.25) is 20.2 Å². The lowest BCUT2D eigenvalue weighted by Gasteiger charge is -2.48. The van der Waals surface area contributed by atoms with Crippen molar-refractivity contribution in [2.45, 2.75) is 51.4 Å². The Kier molecular flexibility index (Phi) is 5.41. The van der Waals surface area contributed by atoms with Gasteiger partial charge in [0.1, 0.15) is 0 Å². The van der Waals surface area contributed by atoms with Gasteiger partial charge >= 0.3 is 17.5 Å². The van der Waals surface area contributed by atoms with E-state index < -0.39 is 32.4 Å². The van der Waals surface area contributed by atoms with Crippen LogP contribution in [0.2, 0.25) is 0 Å². The van der Waals surface area contributed by atoms with Crippen LogP contribution in [-0.4, -0.2) is 21.1 Å². The van der Waals surface area contributed by atoms with Crippen LogP contribution in [0, 0.1) is 32.1 Å². The lowest BCUT2D eigenvalue weighted by atomic mass is 9.55. The molecule has 1 N–H and O–H groups in total. The first kappa shape index (κ1) is 19.5. The summed E-state index contributed by atoms with van der Waals surface area (Å²) < 4.78 is 0. The molecule has 0 spiro atoms. The summed E-state index contributed by atoms with van der Waals surface area (Å²) in [6, 6.07) is 1.33. The van der Waals surface area contributed by atoms with E-state index in [2.05, 4.69) is 6.92 Å². The normalized spacial score (nSPS) is 26.4. The molecule has 0 saturated heterocycles. The Morgan fingerprint density at radius 3 is 2.38 bits per heavy atom. The molecule has 1 unspecified atom stereocenters. The largest absolute Gasteiger partial charge is 0.497 e. The molecule has 0 bridgehead atoms. The number of phenolic OH excluding ortho intramolecular Hbond substituents is 1. The van der Waals surface area contributed by atoms with Crippen molar-refractivity contribution in [1.29, 1.82) is 0 Å². The Morgan fingerprint density at radius 1 is 1.23 bits per heavy atom. The first-order valence-corrected chi connectivity index (χ1v) is 8.36. The smallest absolute Gasteiger partial charge is 0.373 e. The third-order valence-electron chi connectivity index (χ3n) is 5.87. The van der Waals surface area contributed by atoms with Gasteiger partial charge in [-0.1, -0.05) is 26.7 Å². The Bertz CT molecular complexity index is 786. The molecule has 2 aliphatic carbocycles. The van der Waals surface area contributed by atoms with Crippen LogP contribution in [0.15, 0.2) is 6.07 Å². The SMILES string of the molecule is C[C@@H]1CCC[C@]2(C)c3c(cc([N+](=O)[O-])c(O)c3[N+](=O)[O-])CCC12.O=C=O. The summed E-state index contributed by atoms with van der Waals surface area (Å²) in [5, 5.41) is 32.9. The topological polar surface area (TPSA) is 141 Å². The molecule has 0 aliphatic heterocycles.